The highest BCUT2D eigenvalue weighted by Crippen LogP contribution is 1.82. The molecule has 0 N–H and O–H groups in total. The van der Waals surface area contributed by atoms with E-state index >= 15 is 0 Å². The zero-order chi connectivity index (χ0) is 4.99. The molecule has 6 heavy (non-hydrogen) atoms. The Morgan fingerprint density at radius 1 is 1.83 bits per heavy atom. The van der Waals surface area contributed by atoms with Crippen molar-refractivity contribution in [3.05, 3.63) is 4.91 Å². The molecule has 0 saturated heterocycles. The minimum atomic E-state index is -1.22. The Kier molecular flexibility index (Phi) is 2.39. The zero-order valence-corrected chi connectivity index (χ0v) is 3.51. The topological polar surface area (TPSA) is 55.7 Å². The lowest BCUT2D eigenvalue weighted by atomic mass is 11.3. The quantitative estimate of drug-likeness (QED) is 0.282. The predicted octanol–water partition coefficient (Wildman–Crippen LogP) is 0.734. The minimum Gasteiger partial charge on any atom is -0.375 e. The maximum absolute atomic E-state index is 9.40. The summed E-state index contributed by atoms with van der Waals surface area (Å²) in [5.74, 6) is 0. The van der Waals surface area contributed by atoms with Crippen LogP contribution in [0.1, 0.15) is 0 Å². The molecule has 0 atom stereocenters. The van der Waals surface area contributed by atoms with Crippen molar-refractivity contribution in [1.82, 2.24) is 0 Å². The number of thiol groups is 1. The summed E-state index contributed by atoms with van der Waals surface area (Å²) in [6.07, 6.45) is -1.22. The molecular weight excluding hydrogens is 106 g/mol. The van der Waals surface area contributed by atoms with E-state index in [1.807, 2.05) is 5.18 Å². The van der Waals surface area contributed by atoms with E-state index in [4.69, 9.17) is 4.91 Å². The van der Waals surface area contributed by atoms with Gasteiger partial charge in [-0.15, -0.1) is 4.91 Å². The highest BCUT2D eigenvalue weighted by atomic mass is 32.1. The first kappa shape index (κ1) is 5.42. The Morgan fingerprint density at radius 2 is 2.33 bits per heavy atom. The van der Waals surface area contributed by atoms with Crippen molar-refractivity contribution in [2.45, 2.75) is 0 Å². The number of carbonyl (C=O) groups excluding carboxylic acids is 1. The third-order valence-electron chi connectivity index (χ3n) is 0.153. The lowest BCUT2D eigenvalue weighted by Crippen LogP contribution is -1.82. The summed E-state index contributed by atoms with van der Waals surface area (Å²) in [4.78, 5) is 18.4. The fourth-order valence-corrected chi connectivity index (χ4v) is 0.0500. The molecule has 0 radical (unpaired) electrons. The largest absolute Gasteiger partial charge is 0.482 e. The van der Waals surface area contributed by atoms with Crippen LogP contribution in [0.3, 0.4) is 0 Å². The van der Waals surface area contributed by atoms with E-state index in [9.17, 15) is 4.79 Å². The molecular formula is CHNO3S. The first-order valence-electron chi connectivity index (χ1n) is 0.997. The van der Waals surface area contributed by atoms with E-state index in [-0.39, 0.29) is 0 Å². The Hall–Kier alpha value is -0.580. The van der Waals surface area contributed by atoms with Crippen molar-refractivity contribution in [2.75, 3.05) is 0 Å². The highest BCUT2D eigenvalue weighted by Gasteiger charge is 1.91. The van der Waals surface area contributed by atoms with Gasteiger partial charge in [0, 0.05) is 12.9 Å². The second kappa shape index (κ2) is 2.65. The van der Waals surface area contributed by atoms with Crippen molar-refractivity contribution in [3.8, 4) is 0 Å². The Morgan fingerprint density at radius 3 is 2.33 bits per heavy atom. The molecule has 0 aromatic heterocycles. The monoisotopic (exact) mass is 107 g/mol. The summed E-state index contributed by atoms with van der Waals surface area (Å²) in [5.41, 5.74) is 0. The van der Waals surface area contributed by atoms with Crippen LogP contribution in [-0.2, 0) is 4.18 Å². The van der Waals surface area contributed by atoms with Gasteiger partial charge in [0.1, 0.15) is 0 Å². The van der Waals surface area contributed by atoms with Crippen LogP contribution < -0.4 is 0 Å². The average molecular weight is 107 g/mol. The van der Waals surface area contributed by atoms with Crippen molar-refractivity contribution >= 4 is 19.0 Å². The van der Waals surface area contributed by atoms with Gasteiger partial charge in [0.25, 0.3) is 0 Å². The predicted molar refractivity (Wildman–Crippen MR) is 21.3 cm³/mol. The first-order chi connectivity index (χ1) is 2.81. The van der Waals surface area contributed by atoms with E-state index in [0.29, 0.717) is 0 Å². The molecule has 1 amide bonds. The maximum atomic E-state index is 9.40. The molecule has 0 saturated carbocycles. The van der Waals surface area contributed by atoms with E-state index in [1.165, 1.54) is 0 Å². The summed E-state index contributed by atoms with van der Waals surface area (Å²) in [6, 6.07) is 0. The van der Waals surface area contributed by atoms with Gasteiger partial charge in [-0.2, -0.15) is 0 Å². The molecule has 0 aliphatic rings. The minimum absolute atomic E-state index is 1.22. The molecule has 4 nitrogen and oxygen atoms in total. The summed E-state index contributed by atoms with van der Waals surface area (Å²) < 4.78 is 3.48. The van der Waals surface area contributed by atoms with Crippen LogP contribution in [0.2, 0.25) is 0 Å². The molecule has 0 fully saturated rings. The van der Waals surface area contributed by atoms with Crippen LogP contribution in [0, 0.1) is 4.91 Å². The van der Waals surface area contributed by atoms with E-state index in [1.54, 1.807) is 0 Å². The molecule has 0 spiro atoms. The summed E-state index contributed by atoms with van der Waals surface area (Å²) >= 11 is 2.95. The number of carbonyl (C=O) groups is 1. The molecule has 0 bridgehead atoms. The van der Waals surface area contributed by atoms with Crippen LogP contribution in [0.15, 0.2) is 5.18 Å². The van der Waals surface area contributed by atoms with Crippen LogP contribution in [0.4, 0.5) is 4.79 Å². The van der Waals surface area contributed by atoms with Gasteiger partial charge in [0.05, 0.1) is 5.18 Å². The van der Waals surface area contributed by atoms with Crippen LogP contribution in [-0.4, -0.2) is 6.09 Å². The van der Waals surface area contributed by atoms with Gasteiger partial charge in [0.15, 0.2) is 0 Å². The highest BCUT2D eigenvalue weighted by molar-refractivity contribution is 7.75. The first-order valence-corrected chi connectivity index (χ1v) is 1.36. The van der Waals surface area contributed by atoms with Crippen molar-refractivity contribution in [2.24, 2.45) is 5.18 Å². The maximum Gasteiger partial charge on any atom is 0.482 e. The summed E-state index contributed by atoms with van der Waals surface area (Å²) in [7, 11) is 0. The number of nitroso groups, excluding NO2 is 1. The van der Waals surface area contributed by atoms with Gasteiger partial charge in [0.2, 0.25) is 0 Å². The number of hydrogen-bond acceptors (Lipinski definition) is 4. The normalized spacial score (nSPS) is 6.83. The molecule has 0 aliphatic heterocycles. The molecule has 5 heteroatoms. The molecule has 0 heterocycles. The van der Waals surface area contributed by atoms with Crippen LogP contribution in [0.5, 0.6) is 0 Å². The van der Waals surface area contributed by atoms with Gasteiger partial charge in [-0.3, -0.25) is 0 Å². The molecule has 0 unspecified atom stereocenters. The van der Waals surface area contributed by atoms with E-state index in [2.05, 4.69) is 17.1 Å². The molecule has 0 aromatic carbocycles. The lowest BCUT2D eigenvalue weighted by Gasteiger charge is -1.75. The molecule has 0 aromatic rings. The number of rotatable bonds is 0. The van der Waals surface area contributed by atoms with Crippen molar-refractivity contribution < 1.29 is 8.98 Å². The SMILES string of the molecule is O=NC(=O)OS. The number of hydrogen-bond donors (Lipinski definition) is 1. The van der Waals surface area contributed by atoms with Gasteiger partial charge in [-0.25, -0.2) is 4.79 Å². The molecule has 0 rings (SSSR count). The van der Waals surface area contributed by atoms with Crippen LogP contribution >= 0.6 is 12.9 Å². The van der Waals surface area contributed by atoms with E-state index in [0.717, 1.165) is 0 Å². The second-order valence-electron chi connectivity index (χ2n) is 0.448. The zero-order valence-electron chi connectivity index (χ0n) is 2.62. The average Bonchev–Trinajstić information content (AvgIpc) is 1.65. The smallest absolute Gasteiger partial charge is 0.375 e. The second-order valence-corrected chi connectivity index (χ2v) is 0.631. The van der Waals surface area contributed by atoms with Gasteiger partial charge in [-0.1, -0.05) is 0 Å². The summed E-state index contributed by atoms with van der Waals surface area (Å²) in [5, 5.41) is 1.82. The Labute approximate surface area is 39.1 Å². The Balaban J connectivity index is 3.23. The van der Waals surface area contributed by atoms with Crippen molar-refractivity contribution in [3.63, 3.8) is 0 Å². The van der Waals surface area contributed by atoms with Gasteiger partial charge < -0.3 is 4.18 Å². The fourth-order valence-electron chi connectivity index (χ4n) is 0.0167. The van der Waals surface area contributed by atoms with Crippen molar-refractivity contribution in [1.29, 1.82) is 0 Å². The third-order valence-corrected chi connectivity index (χ3v) is 0.309. The lowest BCUT2D eigenvalue weighted by molar-refractivity contribution is 0.219. The number of amides is 1. The standard InChI is InChI=1S/CHNO3S/c3-1(2-4)5-6/h6H. The molecule has 34 valence electrons. The number of nitrogens with zero attached hydrogens (tertiary/aromatic N) is 1. The Bertz CT molecular complexity index is 71.2. The third kappa shape index (κ3) is 1.71. The fraction of sp³-hybridized carbons (Fsp3) is 0. The van der Waals surface area contributed by atoms with Crippen LogP contribution in [0.25, 0.3) is 0 Å². The van der Waals surface area contributed by atoms with Gasteiger partial charge in [-0.05, 0) is 0 Å². The molecule has 0 aliphatic carbocycles. The van der Waals surface area contributed by atoms with Gasteiger partial charge >= 0.3 is 6.09 Å². The van der Waals surface area contributed by atoms with E-state index < -0.39 is 6.09 Å². The summed E-state index contributed by atoms with van der Waals surface area (Å²) in [6.45, 7) is 0.